The molecule has 1 aromatic carbocycles. The number of ether oxygens (including phenoxy) is 1. The zero-order chi connectivity index (χ0) is 29.1. The predicted molar refractivity (Wildman–Crippen MR) is 159 cm³/mol. The van der Waals surface area contributed by atoms with Gasteiger partial charge in [-0.15, -0.1) is 11.8 Å². The quantitative estimate of drug-likeness (QED) is 0.233. The molecule has 0 saturated carbocycles. The van der Waals surface area contributed by atoms with Crippen LogP contribution in [0.2, 0.25) is 0 Å². The van der Waals surface area contributed by atoms with Gasteiger partial charge in [0.1, 0.15) is 17.2 Å². The Morgan fingerprint density at radius 3 is 2.36 bits per heavy atom. The van der Waals surface area contributed by atoms with E-state index in [0.29, 0.717) is 36.6 Å². The summed E-state index contributed by atoms with van der Waals surface area (Å²) in [6.45, 7) is 10.4. The topological polar surface area (TPSA) is 140 Å². The Labute approximate surface area is 237 Å². The van der Waals surface area contributed by atoms with Gasteiger partial charge < -0.3 is 31.7 Å². The van der Waals surface area contributed by atoms with Crippen molar-refractivity contribution in [1.29, 1.82) is 0 Å². The van der Waals surface area contributed by atoms with E-state index in [9.17, 15) is 14.4 Å². The van der Waals surface area contributed by atoms with Crippen molar-refractivity contribution in [3.05, 3.63) is 40.9 Å². The van der Waals surface area contributed by atoms with Crippen molar-refractivity contribution < 1.29 is 19.1 Å². The molecule has 39 heavy (non-hydrogen) atoms. The summed E-state index contributed by atoms with van der Waals surface area (Å²) in [5.74, 6) is 0.383. The van der Waals surface area contributed by atoms with E-state index < -0.39 is 17.6 Å². The summed E-state index contributed by atoms with van der Waals surface area (Å²) in [4.78, 5) is 39.5. The second-order valence-corrected chi connectivity index (χ2v) is 12.1. The molecule has 0 spiro atoms. The first-order valence-corrected chi connectivity index (χ1v) is 14.8. The molecule has 1 heterocycles. The fourth-order valence-corrected chi connectivity index (χ4v) is 5.81. The van der Waals surface area contributed by atoms with Crippen LogP contribution in [0.5, 0.6) is 0 Å². The lowest BCUT2D eigenvalue weighted by Gasteiger charge is -2.35. The number of unbranched alkanes of at least 4 members (excludes halogenated alkanes) is 1. The van der Waals surface area contributed by atoms with Crippen molar-refractivity contribution in [2.75, 3.05) is 12.8 Å². The number of benzene rings is 1. The fourth-order valence-electron chi connectivity index (χ4n) is 4.81. The lowest BCUT2D eigenvalue weighted by Crippen LogP contribution is -2.48. The van der Waals surface area contributed by atoms with Gasteiger partial charge in [-0.2, -0.15) is 0 Å². The Balaban J connectivity index is 2.09. The molecule has 10 heteroatoms. The largest absolute Gasteiger partial charge is 0.443 e. The van der Waals surface area contributed by atoms with Gasteiger partial charge in [-0.05, 0) is 48.8 Å². The van der Waals surface area contributed by atoms with Gasteiger partial charge >= 0.3 is 6.09 Å². The summed E-state index contributed by atoms with van der Waals surface area (Å²) in [6, 6.07) is 7.48. The molecule has 2 rings (SSSR count). The lowest BCUT2D eigenvalue weighted by atomic mass is 9.95. The number of carbonyl (C=O) groups excluding carboxylic acids is 3. The minimum absolute atomic E-state index is 0.0568. The monoisotopic (exact) mass is 561 g/mol. The molecule has 4 unspecified atom stereocenters. The summed E-state index contributed by atoms with van der Waals surface area (Å²) in [6.07, 6.45) is 2.64. The summed E-state index contributed by atoms with van der Waals surface area (Å²) in [7, 11) is 1.80. The van der Waals surface area contributed by atoms with Crippen LogP contribution in [-0.2, 0) is 20.7 Å². The number of hydrogen-bond donors (Lipinski definition) is 4. The SMILES string of the molecule is CCCCC(=O)N(C)C(CC(OC(N)=O)C1NC(C(=O)NC(Cc2ccc(N)cc2)CC(C)C)=CS1)C(C)C. The maximum Gasteiger partial charge on any atom is 0.404 e. The molecular weight excluding hydrogens is 514 g/mol. The van der Waals surface area contributed by atoms with Crippen LogP contribution in [0, 0.1) is 11.8 Å². The number of anilines is 1. The van der Waals surface area contributed by atoms with Crippen molar-refractivity contribution in [3.8, 4) is 0 Å². The van der Waals surface area contributed by atoms with Crippen molar-refractivity contribution in [2.45, 2.75) is 96.7 Å². The first kappa shape index (κ1) is 32.3. The van der Waals surface area contributed by atoms with Gasteiger partial charge in [0.05, 0.1) is 0 Å². The highest BCUT2D eigenvalue weighted by molar-refractivity contribution is 8.03. The second-order valence-electron chi connectivity index (χ2n) is 11.1. The average molecular weight is 562 g/mol. The van der Waals surface area contributed by atoms with Gasteiger partial charge in [-0.1, -0.05) is 53.2 Å². The molecule has 6 N–H and O–H groups in total. The number of primary amides is 1. The van der Waals surface area contributed by atoms with E-state index in [1.807, 2.05) is 38.1 Å². The molecular formula is C29H47N5O4S. The molecule has 0 bridgehead atoms. The normalized spacial score (nSPS) is 17.2. The highest BCUT2D eigenvalue weighted by Gasteiger charge is 2.36. The number of nitrogen functional groups attached to an aromatic ring is 1. The van der Waals surface area contributed by atoms with Gasteiger partial charge in [0.25, 0.3) is 5.91 Å². The zero-order valence-electron chi connectivity index (χ0n) is 24.2. The van der Waals surface area contributed by atoms with Crippen LogP contribution in [-0.4, -0.2) is 53.4 Å². The van der Waals surface area contributed by atoms with E-state index in [1.165, 1.54) is 11.8 Å². The smallest absolute Gasteiger partial charge is 0.404 e. The third kappa shape index (κ3) is 10.7. The number of thioether (sulfide) groups is 1. The van der Waals surface area contributed by atoms with E-state index >= 15 is 0 Å². The zero-order valence-corrected chi connectivity index (χ0v) is 25.1. The molecule has 1 aliphatic rings. The average Bonchev–Trinajstić information content (AvgIpc) is 3.35. The Kier molecular flexibility index (Phi) is 13.0. The highest BCUT2D eigenvalue weighted by Crippen LogP contribution is 2.30. The maximum atomic E-state index is 13.2. The summed E-state index contributed by atoms with van der Waals surface area (Å²) in [5, 5.41) is 7.75. The third-order valence-electron chi connectivity index (χ3n) is 6.91. The summed E-state index contributed by atoms with van der Waals surface area (Å²) in [5.41, 5.74) is 13.5. The number of hydrogen-bond acceptors (Lipinski definition) is 7. The van der Waals surface area contributed by atoms with Crippen LogP contribution in [0.15, 0.2) is 35.4 Å². The predicted octanol–water partition coefficient (Wildman–Crippen LogP) is 4.37. The van der Waals surface area contributed by atoms with Crippen molar-refractivity contribution in [2.24, 2.45) is 17.6 Å². The summed E-state index contributed by atoms with van der Waals surface area (Å²) < 4.78 is 5.52. The minimum Gasteiger partial charge on any atom is -0.443 e. The molecule has 0 aromatic heterocycles. The Morgan fingerprint density at radius 1 is 1.13 bits per heavy atom. The molecule has 4 atom stereocenters. The van der Waals surface area contributed by atoms with E-state index in [4.69, 9.17) is 16.2 Å². The van der Waals surface area contributed by atoms with Crippen molar-refractivity contribution >= 4 is 35.4 Å². The van der Waals surface area contributed by atoms with Crippen molar-refractivity contribution in [1.82, 2.24) is 15.5 Å². The molecule has 0 saturated heterocycles. The molecule has 9 nitrogen and oxygen atoms in total. The van der Waals surface area contributed by atoms with Gasteiger partial charge in [0.15, 0.2) is 0 Å². The Bertz CT molecular complexity index is 982. The standard InChI is InChI=1S/C29H47N5O4S/c1-7-8-9-26(35)34(6)24(19(4)5)16-25(38-29(31)37)28-33-23(17-39-28)27(36)32-22(14-18(2)3)15-20-10-12-21(30)13-11-20/h10-13,17-19,22,24-25,28,33H,7-9,14-16,30H2,1-6H3,(H2,31,37)(H,32,36). The first-order chi connectivity index (χ1) is 18.4. The summed E-state index contributed by atoms with van der Waals surface area (Å²) >= 11 is 1.38. The third-order valence-corrected chi connectivity index (χ3v) is 8.00. The van der Waals surface area contributed by atoms with Crippen LogP contribution in [0.1, 0.15) is 72.3 Å². The molecule has 1 aliphatic heterocycles. The number of nitrogens with two attached hydrogens (primary N) is 2. The van der Waals surface area contributed by atoms with E-state index in [0.717, 1.165) is 24.8 Å². The molecule has 0 aliphatic carbocycles. The van der Waals surface area contributed by atoms with Gasteiger partial charge in [0, 0.05) is 43.1 Å². The van der Waals surface area contributed by atoms with E-state index in [-0.39, 0.29) is 29.8 Å². The first-order valence-electron chi connectivity index (χ1n) is 13.9. The Hall–Kier alpha value is -2.88. The van der Waals surface area contributed by atoms with E-state index in [2.05, 4.69) is 31.4 Å². The molecule has 1 aromatic rings. The number of nitrogens with one attached hydrogen (secondary N) is 2. The van der Waals surface area contributed by atoms with Gasteiger partial charge in [-0.3, -0.25) is 9.59 Å². The fraction of sp³-hybridized carbons (Fsp3) is 0.621. The molecule has 218 valence electrons. The van der Waals surface area contributed by atoms with Crippen LogP contribution in [0.4, 0.5) is 10.5 Å². The number of amides is 3. The van der Waals surface area contributed by atoms with Crippen LogP contribution in [0.3, 0.4) is 0 Å². The van der Waals surface area contributed by atoms with Crippen molar-refractivity contribution in [3.63, 3.8) is 0 Å². The Morgan fingerprint density at radius 2 is 1.79 bits per heavy atom. The van der Waals surface area contributed by atoms with E-state index in [1.54, 1.807) is 17.4 Å². The van der Waals surface area contributed by atoms with Gasteiger partial charge in [-0.25, -0.2) is 4.79 Å². The number of carbonyl (C=O) groups is 3. The number of rotatable bonds is 15. The molecule has 0 radical (unpaired) electrons. The van der Waals surface area contributed by atoms with Crippen LogP contribution >= 0.6 is 11.8 Å². The molecule has 0 fully saturated rings. The van der Waals surface area contributed by atoms with Gasteiger partial charge in [0.2, 0.25) is 5.91 Å². The maximum absolute atomic E-state index is 13.2. The lowest BCUT2D eigenvalue weighted by molar-refractivity contribution is -0.133. The number of nitrogens with zero attached hydrogens (tertiary/aromatic N) is 1. The van der Waals surface area contributed by atoms with Crippen LogP contribution < -0.4 is 22.1 Å². The highest BCUT2D eigenvalue weighted by atomic mass is 32.2. The second kappa shape index (κ2) is 15.6. The minimum atomic E-state index is -0.886. The van der Waals surface area contributed by atoms with Crippen LogP contribution in [0.25, 0.3) is 0 Å². The molecule has 3 amide bonds.